The maximum atomic E-state index is 12.5. The number of amides is 1. The van der Waals surface area contributed by atoms with Crippen LogP contribution in [-0.2, 0) is 0 Å². The molecule has 0 saturated heterocycles. The summed E-state index contributed by atoms with van der Waals surface area (Å²) >= 11 is 5.36. The first kappa shape index (κ1) is 18.9. The van der Waals surface area contributed by atoms with Gasteiger partial charge in [-0.25, -0.2) is 0 Å². The van der Waals surface area contributed by atoms with Crippen LogP contribution in [0.2, 0.25) is 0 Å². The molecule has 2 rings (SSSR count). The minimum Gasteiger partial charge on any atom is -0.342 e. The maximum Gasteiger partial charge on any atom is 0.252 e. The van der Waals surface area contributed by atoms with Gasteiger partial charge in [-0.15, -0.1) is 0 Å². The molecule has 3 N–H and O–H groups in total. The third-order valence-electron chi connectivity index (χ3n) is 4.02. The van der Waals surface area contributed by atoms with Gasteiger partial charge in [-0.1, -0.05) is 31.5 Å². The zero-order chi connectivity index (χ0) is 18.2. The number of hydrogen-bond donors (Lipinski definition) is 3. The fraction of sp³-hybridized carbons (Fsp3) is 0.316. The van der Waals surface area contributed by atoms with Crippen molar-refractivity contribution in [3.63, 3.8) is 0 Å². The summed E-state index contributed by atoms with van der Waals surface area (Å²) in [5, 5.41) is 9.74. The summed E-state index contributed by atoms with van der Waals surface area (Å²) in [7, 11) is 0. The molecule has 0 aliphatic rings. The van der Waals surface area contributed by atoms with E-state index in [1.807, 2.05) is 43.3 Å². The van der Waals surface area contributed by atoms with Crippen LogP contribution in [0.4, 0.5) is 5.69 Å². The van der Waals surface area contributed by atoms with Gasteiger partial charge in [0.2, 0.25) is 0 Å². The summed E-state index contributed by atoms with van der Waals surface area (Å²) in [6, 6.07) is 11.2. The predicted molar refractivity (Wildman–Crippen MR) is 105 cm³/mol. The number of nitrogens with one attached hydrogen (secondary N) is 3. The Morgan fingerprint density at radius 1 is 1.20 bits per heavy atom. The second-order valence-corrected chi connectivity index (χ2v) is 6.45. The molecular formula is C19H24N4OS. The number of pyridine rings is 1. The Morgan fingerprint density at radius 3 is 2.52 bits per heavy atom. The summed E-state index contributed by atoms with van der Waals surface area (Å²) in [6.07, 6.45) is 4.03. The number of thiocarbonyl (C=S) groups is 1. The molecule has 1 aromatic carbocycles. The van der Waals surface area contributed by atoms with Crippen LogP contribution in [0.15, 0.2) is 48.8 Å². The van der Waals surface area contributed by atoms with Crippen LogP contribution >= 0.6 is 12.2 Å². The highest BCUT2D eigenvalue weighted by Crippen LogP contribution is 2.09. The summed E-state index contributed by atoms with van der Waals surface area (Å²) in [6.45, 7) is 6.14. The van der Waals surface area contributed by atoms with Crippen LogP contribution < -0.4 is 16.0 Å². The van der Waals surface area contributed by atoms with E-state index in [9.17, 15) is 4.79 Å². The fourth-order valence-electron chi connectivity index (χ4n) is 2.23. The van der Waals surface area contributed by atoms with Gasteiger partial charge in [-0.2, -0.15) is 0 Å². The molecule has 0 saturated carbocycles. The standard InChI is InChI=1S/C19H24N4OS/c1-4-14(3)17(22-18(24)15-9-7-13(2)8-10-15)23-19(25)21-16-6-5-11-20-12-16/h5-12,14,17H,4H2,1-3H3,(H,22,24)(H2,21,23,25). The smallest absolute Gasteiger partial charge is 0.252 e. The van der Waals surface area contributed by atoms with E-state index in [0.29, 0.717) is 10.7 Å². The number of nitrogens with zero attached hydrogens (tertiary/aromatic N) is 1. The van der Waals surface area contributed by atoms with Crippen LogP contribution in [0.1, 0.15) is 36.2 Å². The van der Waals surface area contributed by atoms with E-state index >= 15 is 0 Å². The first-order chi connectivity index (χ1) is 12.0. The van der Waals surface area contributed by atoms with Crippen LogP contribution in [-0.4, -0.2) is 22.2 Å². The maximum absolute atomic E-state index is 12.5. The van der Waals surface area contributed by atoms with Crippen LogP contribution in [0.25, 0.3) is 0 Å². The van der Waals surface area contributed by atoms with Crippen molar-refractivity contribution in [2.45, 2.75) is 33.4 Å². The monoisotopic (exact) mass is 356 g/mol. The Hall–Kier alpha value is -2.47. The van der Waals surface area contributed by atoms with Crippen molar-refractivity contribution in [2.24, 2.45) is 5.92 Å². The molecule has 1 amide bonds. The second kappa shape index (κ2) is 9.13. The lowest BCUT2D eigenvalue weighted by molar-refractivity contribution is 0.0919. The molecule has 2 atom stereocenters. The van der Waals surface area contributed by atoms with Gasteiger partial charge in [0.25, 0.3) is 5.91 Å². The van der Waals surface area contributed by atoms with Gasteiger partial charge in [0, 0.05) is 11.8 Å². The largest absolute Gasteiger partial charge is 0.342 e. The predicted octanol–water partition coefficient (Wildman–Crippen LogP) is 3.48. The Kier molecular flexibility index (Phi) is 6.89. The number of carbonyl (C=O) groups is 1. The quantitative estimate of drug-likeness (QED) is 0.546. The highest BCUT2D eigenvalue weighted by molar-refractivity contribution is 7.80. The van der Waals surface area contributed by atoms with E-state index in [1.165, 1.54) is 0 Å². The van der Waals surface area contributed by atoms with Gasteiger partial charge in [0.15, 0.2) is 5.11 Å². The average Bonchev–Trinajstić information content (AvgIpc) is 2.61. The van der Waals surface area contributed by atoms with E-state index < -0.39 is 0 Å². The minimum absolute atomic E-state index is 0.123. The molecule has 1 heterocycles. The van der Waals surface area contributed by atoms with Crippen LogP contribution in [0, 0.1) is 12.8 Å². The molecule has 2 aromatic rings. The van der Waals surface area contributed by atoms with E-state index in [0.717, 1.165) is 17.7 Å². The molecule has 0 fully saturated rings. The molecule has 5 nitrogen and oxygen atoms in total. The van der Waals surface area contributed by atoms with Crippen molar-refractivity contribution < 1.29 is 4.79 Å². The highest BCUT2D eigenvalue weighted by Gasteiger charge is 2.20. The van der Waals surface area contributed by atoms with E-state index in [-0.39, 0.29) is 18.0 Å². The lowest BCUT2D eigenvalue weighted by Crippen LogP contribution is -2.52. The summed E-state index contributed by atoms with van der Waals surface area (Å²) < 4.78 is 0. The van der Waals surface area contributed by atoms with Crippen molar-refractivity contribution in [2.75, 3.05) is 5.32 Å². The SMILES string of the molecule is CCC(C)C(NC(=O)c1ccc(C)cc1)NC(=S)Nc1cccnc1. The van der Waals surface area contributed by atoms with Crippen molar-refractivity contribution in [1.82, 2.24) is 15.6 Å². The molecule has 132 valence electrons. The summed E-state index contributed by atoms with van der Waals surface area (Å²) in [4.78, 5) is 16.5. The van der Waals surface area contributed by atoms with Gasteiger partial charge < -0.3 is 16.0 Å². The van der Waals surface area contributed by atoms with Crippen molar-refractivity contribution in [3.05, 3.63) is 59.9 Å². The first-order valence-electron chi connectivity index (χ1n) is 8.34. The molecule has 0 aliphatic carbocycles. The zero-order valence-electron chi connectivity index (χ0n) is 14.7. The Labute approximate surface area is 154 Å². The number of aryl methyl sites for hydroxylation is 1. The van der Waals surface area contributed by atoms with E-state index in [4.69, 9.17) is 12.2 Å². The number of rotatable bonds is 6. The third-order valence-corrected chi connectivity index (χ3v) is 4.24. The summed E-state index contributed by atoms with van der Waals surface area (Å²) in [5.74, 6) is 0.0880. The molecule has 0 bridgehead atoms. The molecule has 0 spiro atoms. The van der Waals surface area contributed by atoms with E-state index in [2.05, 4.69) is 34.8 Å². The summed E-state index contributed by atoms with van der Waals surface area (Å²) in [5.41, 5.74) is 2.55. The molecular weight excluding hydrogens is 332 g/mol. The van der Waals surface area contributed by atoms with Crippen LogP contribution in [0.5, 0.6) is 0 Å². The minimum atomic E-state index is -0.268. The van der Waals surface area contributed by atoms with Gasteiger partial charge in [-0.3, -0.25) is 9.78 Å². The highest BCUT2D eigenvalue weighted by atomic mass is 32.1. The molecule has 2 unspecified atom stereocenters. The number of benzene rings is 1. The molecule has 0 aliphatic heterocycles. The van der Waals surface area contributed by atoms with E-state index in [1.54, 1.807) is 12.4 Å². The Balaban J connectivity index is 2.01. The molecule has 25 heavy (non-hydrogen) atoms. The second-order valence-electron chi connectivity index (χ2n) is 6.04. The molecule has 6 heteroatoms. The number of aromatic nitrogens is 1. The van der Waals surface area contributed by atoms with Crippen LogP contribution in [0.3, 0.4) is 0 Å². The Bertz CT molecular complexity index is 703. The fourth-order valence-corrected chi connectivity index (χ4v) is 2.48. The van der Waals surface area contributed by atoms with Gasteiger partial charge >= 0.3 is 0 Å². The first-order valence-corrected chi connectivity index (χ1v) is 8.75. The normalized spacial score (nSPS) is 12.8. The van der Waals surface area contributed by atoms with Gasteiger partial charge in [0.1, 0.15) is 6.17 Å². The Morgan fingerprint density at radius 2 is 1.92 bits per heavy atom. The molecule has 0 radical (unpaired) electrons. The van der Waals surface area contributed by atoms with Crippen molar-refractivity contribution in [1.29, 1.82) is 0 Å². The van der Waals surface area contributed by atoms with Gasteiger partial charge in [-0.05, 0) is 55.7 Å². The number of anilines is 1. The van der Waals surface area contributed by atoms with Crippen molar-refractivity contribution >= 4 is 28.9 Å². The topological polar surface area (TPSA) is 66.1 Å². The lowest BCUT2D eigenvalue weighted by atomic mass is 10.0. The van der Waals surface area contributed by atoms with Crippen molar-refractivity contribution in [3.8, 4) is 0 Å². The lowest BCUT2D eigenvalue weighted by Gasteiger charge is -2.27. The third kappa shape index (κ3) is 5.83. The zero-order valence-corrected chi connectivity index (χ0v) is 15.6. The average molecular weight is 356 g/mol. The number of hydrogen-bond acceptors (Lipinski definition) is 3. The molecule has 1 aromatic heterocycles. The number of carbonyl (C=O) groups excluding carboxylic acids is 1. The van der Waals surface area contributed by atoms with Gasteiger partial charge in [0.05, 0.1) is 11.9 Å².